The van der Waals surface area contributed by atoms with Crippen molar-refractivity contribution in [1.29, 1.82) is 0 Å². The fourth-order valence-electron chi connectivity index (χ4n) is 3.44. The predicted octanol–water partition coefficient (Wildman–Crippen LogP) is 3.45. The molecule has 1 atom stereocenters. The molecule has 0 saturated heterocycles. The molecule has 2 aromatic carbocycles. The highest BCUT2D eigenvalue weighted by molar-refractivity contribution is 5.90. The Labute approximate surface area is 160 Å². The number of ether oxygens (including phenoxy) is 1. The van der Waals surface area contributed by atoms with Crippen LogP contribution in [0.3, 0.4) is 0 Å². The first kappa shape index (κ1) is 19.0. The number of benzene rings is 2. The van der Waals surface area contributed by atoms with Gasteiger partial charge < -0.3 is 19.9 Å². The molecule has 0 saturated carbocycles. The van der Waals surface area contributed by atoms with Crippen LogP contribution in [0.2, 0.25) is 0 Å². The van der Waals surface area contributed by atoms with Gasteiger partial charge >= 0.3 is 0 Å². The Morgan fingerprint density at radius 1 is 1.19 bits per heavy atom. The van der Waals surface area contributed by atoms with Crippen molar-refractivity contribution in [3.05, 3.63) is 65.4 Å². The molecule has 5 nitrogen and oxygen atoms in total. The average Bonchev–Trinajstić information content (AvgIpc) is 2.97. The molecule has 0 unspecified atom stereocenters. The van der Waals surface area contributed by atoms with Gasteiger partial charge in [0.05, 0.1) is 19.6 Å². The van der Waals surface area contributed by atoms with E-state index in [4.69, 9.17) is 4.74 Å². The number of rotatable bonds is 7. The first-order chi connectivity index (χ1) is 13.0. The molecule has 3 aromatic rings. The normalized spacial score (nSPS) is 12.3. The maximum absolute atomic E-state index is 12.6. The molecule has 0 radical (unpaired) electrons. The van der Waals surface area contributed by atoms with Gasteiger partial charge in [-0.15, -0.1) is 0 Å². The molecule has 0 bridgehead atoms. The number of methoxy groups -OCH3 is 1. The SMILES string of the molecule is COc1cccc([C@@H](CNC(=O)Cc2c(C)[nH]c3ccccc23)N(C)C)c1. The largest absolute Gasteiger partial charge is 0.497 e. The van der Waals surface area contributed by atoms with Crippen LogP contribution in [0.1, 0.15) is 22.9 Å². The van der Waals surface area contributed by atoms with Crippen LogP contribution >= 0.6 is 0 Å². The molecule has 1 amide bonds. The molecule has 27 heavy (non-hydrogen) atoms. The van der Waals surface area contributed by atoms with Gasteiger partial charge in [0.2, 0.25) is 5.91 Å². The monoisotopic (exact) mass is 365 g/mol. The van der Waals surface area contributed by atoms with Crippen molar-refractivity contribution in [2.45, 2.75) is 19.4 Å². The molecule has 1 heterocycles. The van der Waals surface area contributed by atoms with Crippen molar-refractivity contribution >= 4 is 16.8 Å². The number of carbonyl (C=O) groups is 1. The topological polar surface area (TPSA) is 57.4 Å². The number of likely N-dealkylation sites (N-methyl/N-ethyl adjacent to an activating group) is 1. The molecule has 5 heteroatoms. The lowest BCUT2D eigenvalue weighted by Gasteiger charge is -2.25. The lowest BCUT2D eigenvalue weighted by atomic mass is 10.0. The van der Waals surface area contributed by atoms with Gasteiger partial charge in [0, 0.05) is 23.1 Å². The van der Waals surface area contributed by atoms with Gasteiger partial charge in [-0.2, -0.15) is 0 Å². The number of aromatic amines is 1. The van der Waals surface area contributed by atoms with Gasteiger partial charge in [0.1, 0.15) is 5.75 Å². The van der Waals surface area contributed by atoms with E-state index in [2.05, 4.69) is 27.3 Å². The molecule has 2 N–H and O–H groups in total. The quantitative estimate of drug-likeness (QED) is 0.674. The molecule has 0 aliphatic heterocycles. The fourth-order valence-corrected chi connectivity index (χ4v) is 3.44. The average molecular weight is 365 g/mol. The van der Waals surface area contributed by atoms with E-state index < -0.39 is 0 Å². The summed E-state index contributed by atoms with van der Waals surface area (Å²) in [5.41, 5.74) is 4.29. The smallest absolute Gasteiger partial charge is 0.224 e. The zero-order valence-electron chi connectivity index (χ0n) is 16.4. The summed E-state index contributed by atoms with van der Waals surface area (Å²) in [4.78, 5) is 18.1. The molecule has 0 aliphatic rings. The third kappa shape index (κ3) is 4.31. The number of carbonyl (C=O) groups excluding carboxylic acids is 1. The van der Waals surface area contributed by atoms with Gasteiger partial charge in [-0.05, 0) is 50.3 Å². The number of nitrogens with zero attached hydrogens (tertiary/aromatic N) is 1. The number of fused-ring (bicyclic) bond motifs is 1. The number of H-pyrrole nitrogens is 1. The minimum Gasteiger partial charge on any atom is -0.497 e. The minimum absolute atomic E-state index is 0.0256. The first-order valence-corrected chi connectivity index (χ1v) is 9.13. The Balaban J connectivity index is 1.70. The third-order valence-electron chi connectivity index (χ3n) is 4.96. The van der Waals surface area contributed by atoms with Crippen molar-refractivity contribution in [2.75, 3.05) is 27.7 Å². The van der Waals surface area contributed by atoms with Crippen molar-refractivity contribution in [3.63, 3.8) is 0 Å². The van der Waals surface area contributed by atoms with E-state index >= 15 is 0 Å². The van der Waals surface area contributed by atoms with Crippen LogP contribution in [0.5, 0.6) is 5.75 Å². The number of hydrogen-bond donors (Lipinski definition) is 2. The summed E-state index contributed by atoms with van der Waals surface area (Å²) >= 11 is 0. The Hall–Kier alpha value is -2.79. The number of aryl methyl sites for hydroxylation is 1. The molecule has 0 fully saturated rings. The molecule has 1 aromatic heterocycles. The van der Waals surface area contributed by atoms with Crippen LogP contribution in [-0.2, 0) is 11.2 Å². The van der Waals surface area contributed by atoms with Crippen molar-refractivity contribution in [3.8, 4) is 5.75 Å². The number of aromatic nitrogens is 1. The maximum Gasteiger partial charge on any atom is 0.224 e. The molecule has 3 rings (SSSR count). The standard InChI is InChI=1S/C22H27N3O2/c1-15-19(18-10-5-6-11-20(18)24-15)13-22(26)23-14-21(25(2)3)16-8-7-9-17(12-16)27-4/h5-12,21,24H,13-14H2,1-4H3,(H,23,26)/t21-/m1/s1. The van der Waals surface area contributed by atoms with E-state index in [1.165, 1.54) is 0 Å². The summed E-state index contributed by atoms with van der Waals surface area (Å²) in [6.07, 6.45) is 0.369. The van der Waals surface area contributed by atoms with Crippen LogP contribution < -0.4 is 10.1 Å². The maximum atomic E-state index is 12.6. The van der Waals surface area contributed by atoms with Gasteiger partial charge in [0.25, 0.3) is 0 Å². The minimum atomic E-state index is 0.0256. The highest BCUT2D eigenvalue weighted by Gasteiger charge is 2.17. The van der Waals surface area contributed by atoms with Crippen LogP contribution in [0.25, 0.3) is 10.9 Å². The van der Waals surface area contributed by atoms with Crippen LogP contribution in [0, 0.1) is 6.92 Å². The summed E-state index contributed by atoms with van der Waals surface area (Å²) < 4.78 is 5.33. The fraction of sp³-hybridized carbons (Fsp3) is 0.318. The Morgan fingerprint density at radius 2 is 1.96 bits per heavy atom. The number of hydrogen-bond acceptors (Lipinski definition) is 3. The van der Waals surface area contributed by atoms with Gasteiger partial charge in [-0.3, -0.25) is 4.79 Å². The Morgan fingerprint density at radius 3 is 2.70 bits per heavy atom. The summed E-state index contributed by atoms with van der Waals surface area (Å²) in [6.45, 7) is 2.56. The number of para-hydroxylation sites is 1. The van der Waals surface area contributed by atoms with Gasteiger partial charge in [-0.1, -0.05) is 30.3 Å². The zero-order chi connectivity index (χ0) is 19.4. The van der Waals surface area contributed by atoms with Crippen molar-refractivity contribution < 1.29 is 9.53 Å². The molecular weight excluding hydrogens is 338 g/mol. The number of nitrogens with one attached hydrogen (secondary N) is 2. The Kier molecular flexibility index (Phi) is 5.81. The van der Waals surface area contributed by atoms with Gasteiger partial charge in [-0.25, -0.2) is 0 Å². The molecular formula is C22H27N3O2. The van der Waals surface area contributed by atoms with Crippen LogP contribution in [0.15, 0.2) is 48.5 Å². The van der Waals surface area contributed by atoms with E-state index in [0.717, 1.165) is 33.5 Å². The molecule has 0 aliphatic carbocycles. The zero-order valence-corrected chi connectivity index (χ0v) is 16.4. The highest BCUT2D eigenvalue weighted by atomic mass is 16.5. The summed E-state index contributed by atoms with van der Waals surface area (Å²) in [7, 11) is 5.69. The van der Waals surface area contributed by atoms with E-state index in [-0.39, 0.29) is 11.9 Å². The first-order valence-electron chi connectivity index (χ1n) is 9.13. The second-order valence-electron chi connectivity index (χ2n) is 7.01. The van der Waals surface area contributed by atoms with E-state index in [1.54, 1.807) is 7.11 Å². The third-order valence-corrected chi connectivity index (χ3v) is 4.96. The summed E-state index contributed by atoms with van der Waals surface area (Å²) in [5.74, 6) is 0.845. The summed E-state index contributed by atoms with van der Waals surface area (Å²) in [6, 6.07) is 16.1. The van der Waals surface area contributed by atoms with E-state index in [9.17, 15) is 4.79 Å². The second kappa shape index (κ2) is 8.27. The van der Waals surface area contributed by atoms with E-state index in [1.807, 2.05) is 57.4 Å². The van der Waals surface area contributed by atoms with Crippen molar-refractivity contribution in [1.82, 2.24) is 15.2 Å². The Bertz CT molecular complexity index is 930. The predicted molar refractivity (Wildman–Crippen MR) is 109 cm³/mol. The molecule has 142 valence electrons. The summed E-state index contributed by atoms with van der Waals surface area (Å²) in [5, 5.41) is 4.21. The van der Waals surface area contributed by atoms with Gasteiger partial charge in [0.15, 0.2) is 0 Å². The van der Waals surface area contributed by atoms with Crippen LogP contribution in [0.4, 0.5) is 0 Å². The second-order valence-corrected chi connectivity index (χ2v) is 7.01. The van der Waals surface area contributed by atoms with Crippen LogP contribution in [-0.4, -0.2) is 43.5 Å². The number of amides is 1. The van der Waals surface area contributed by atoms with Crippen molar-refractivity contribution in [2.24, 2.45) is 0 Å². The van der Waals surface area contributed by atoms with E-state index in [0.29, 0.717) is 13.0 Å². The lowest BCUT2D eigenvalue weighted by Crippen LogP contribution is -2.35. The highest BCUT2D eigenvalue weighted by Crippen LogP contribution is 2.24. The lowest BCUT2D eigenvalue weighted by molar-refractivity contribution is -0.120. The molecule has 0 spiro atoms.